The fourth-order valence-corrected chi connectivity index (χ4v) is 3.60. The highest BCUT2D eigenvalue weighted by molar-refractivity contribution is 6.13. The first kappa shape index (κ1) is 19.6. The second kappa shape index (κ2) is 8.73. The van der Waals surface area contributed by atoms with Gasteiger partial charge in [-0.25, -0.2) is 9.79 Å². The highest BCUT2D eigenvalue weighted by atomic mass is 16.4. The predicted octanol–water partition coefficient (Wildman–Crippen LogP) is 3.83. The largest absolute Gasteiger partial charge is 0.465 e. The summed E-state index contributed by atoms with van der Waals surface area (Å²) < 4.78 is 0. The Labute approximate surface area is 175 Å². The molecule has 1 fully saturated rings. The SMILES string of the molecule is CC1CN(c2ccc(N=C(c3ccccc3)c3ccccc3)nn2)CCN1C(=O)O. The van der Waals surface area contributed by atoms with Crippen LogP contribution in [-0.2, 0) is 0 Å². The van der Waals surface area contributed by atoms with Crippen LogP contribution in [-0.4, -0.2) is 57.7 Å². The zero-order valence-corrected chi connectivity index (χ0v) is 16.7. The molecule has 1 aliphatic rings. The molecule has 30 heavy (non-hydrogen) atoms. The number of aromatic nitrogens is 2. The lowest BCUT2D eigenvalue weighted by molar-refractivity contribution is 0.122. The third-order valence-electron chi connectivity index (χ3n) is 5.15. The van der Waals surface area contributed by atoms with Gasteiger partial charge in [0, 0.05) is 36.8 Å². The third kappa shape index (κ3) is 4.30. The van der Waals surface area contributed by atoms with Gasteiger partial charge in [0.2, 0.25) is 0 Å². The Hall–Kier alpha value is -3.74. The summed E-state index contributed by atoms with van der Waals surface area (Å²) in [5, 5.41) is 17.9. The van der Waals surface area contributed by atoms with E-state index < -0.39 is 6.09 Å². The minimum atomic E-state index is -0.882. The van der Waals surface area contributed by atoms with Crippen LogP contribution >= 0.6 is 0 Å². The third-order valence-corrected chi connectivity index (χ3v) is 5.15. The van der Waals surface area contributed by atoms with Gasteiger partial charge in [0.1, 0.15) is 0 Å². The van der Waals surface area contributed by atoms with Gasteiger partial charge in [-0.05, 0) is 19.1 Å². The Bertz CT molecular complexity index is 981. The number of hydrogen-bond donors (Lipinski definition) is 1. The Kier molecular flexibility index (Phi) is 5.70. The van der Waals surface area contributed by atoms with Crippen LogP contribution in [0, 0.1) is 0 Å². The molecule has 2 heterocycles. The number of hydrogen-bond acceptors (Lipinski definition) is 5. The fraction of sp³-hybridized carbons (Fsp3) is 0.217. The van der Waals surface area contributed by atoms with Crippen molar-refractivity contribution in [3.63, 3.8) is 0 Å². The minimum absolute atomic E-state index is 0.0986. The molecule has 1 atom stereocenters. The number of carbonyl (C=O) groups is 1. The van der Waals surface area contributed by atoms with Gasteiger partial charge in [0.05, 0.1) is 5.71 Å². The fourth-order valence-electron chi connectivity index (χ4n) is 3.60. The van der Waals surface area contributed by atoms with Crippen molar-refractivity contribution in [1.29, 1.82) is 0 Å². The molecule has 1 aliphatic heterocycles. The normalized spacial score (nSPS) is 16.2. The molecule has 2 aromatic carbocycles. The molecular weight excluding hydrogens is 378 g/mol. The number of rotatable bonds is 4. The van der Waals surface area contributed by atoms with Crippen molar-refractivity contribution in [3.8, 4) is 0 Å². The van der Waals surface area contributed by atoms with Crippen LogP contribution < -0.4 is 4.90 Å². The van der Waals surface area contributed by atoms with Gasteiger partial charge < -0.3 is 14.9 Å². The van der Waals surface area contributed by atoms with E-state index in [0.717, 1.165) is 22.7 Å². The average Bonchev–Trinajstić information content (AvgIpc) is 2.79. The van der Waals surface area contributed by atoms with Gasteiger partial charge in [-0.1, -0.05) is 60.7 Å². The Morgan fingerprint density at radius 3 is 2.07 bits per heavy atom. The maximum Gasteiger partial charge on any atom is 0.407 e. The zero-order valence-electron chi connectivity index (χ0n) is 16.7. The van der Waals surface area contributed by atoms with Crippen molar-refractivity contribution in [2.75, 3.05) is 24.5 Å². The number of aliphatic imine (C=N–C) groups is 1. The van der Waals surface area contributed by atoms with Gasteiger partial charge in [-0.2, -0.15) is 0 Å². The van der Waals surface area contributed by atoms with Crippen LogP contribution in [0.2, 0.25) is 0 Å². The topological polar surface area (TPSA) is 81.9 Å². The molecule has 1 N–H and O–H groups in total. The molecule has 7 heteroatoms. The summed E-state index contributed by atoms with van der Waals surface area (Å²) in [6.07, 6.45) is -0.882. The molecule has 0 bridgehead atoms. The first-order valence-electron chi connectivity index (χ1n) is 9.89. The summed E-state index contributed by atoms with van der Waals surface area (Å²) in [7, 11) is 0. The van der Waals surface area contributed by atoms with E-state index in [0.29, 0.717) is 25.5 Å². The second-order valence-electron chi connectivity index (χ2n) is 7.21. The highest BCUT2D eigenvalue weighted by Crippen LogP contribution is 2.20. The molecule has 1 amide bonds. The molecule has 0 radical (unpaired) electrons. The van der Waals surface area contributed by atoms with Crippen LogP contribution in [0.3, 0.4) is 0 Å². The zero-order chi connectivity index (χ0) is 20.9. The summed E-state index contributed by atoms with van der Waals surface area (Å²) >= 11 is 0. The van der Waals surface area contributed by atoms with Crippen molar-refractivity contribution in [2.45, 2.75) is 13.0 Å². The van der Waals surface area contributed by atoms with E-state index in [9.17, 15) is 9.90 Å². The molecule has 1 unspecified atom stereocenters. The summed E-state index contributed by atoms with van der Waals surface area (Å²) in [6, 6.07) is 23.6. The van der Waals surface area contributed by atoms with Crippen molar-refractivity contribution >= 4 is 23.4 Å². The summed E-state index contributed by atoms with van der Waals surface area (Å²) in [6.45, 7) is 3.53. The lowest BCUT2D eigenvalue weighted by atomic mass is 10.0. The molecule has 0 aliphatic carbocycles. The summed E-state index contributed by atoms with van der Waals surface area (Å²) in [5.41, 5.74) is 2.85. The molecule has 0 saturated carbocycles. The molecule has 7 nitrogen and oxygen atoms in total. The van der Waals surface area contributed by atoms with E-state index in [1.807, 2.05) is 79.7 Å². The average molecular weight is 401 g/mol. The van der Waals surface area contributed by atoms with Crippen molar-refractivity contribution in [1.82, 2.24) is 15.1 Å². The first-order valence-corrected chi connectivity index (χ1v) is 9.89. The quantitative estimate of drug-likeness (QED) is 0.672. The van der Waals surface area contributed by atoms with E-state index in [4.69, 9.17) is 4.99 Å². The predicted molar refractivity (Wildman–Crippen MR) is 117 cm³/mol. The van der Waals surface area contributed by atoms with E-state index in [1.165, 1.54) is 4.90 Å². The number of piperazine rings is 1. The molecule has 4 rings (SSSR count). The number of benzene rings is 2. The van der Waals surface area contributed by atoms with Crippen molar-refractivity contribution < 1.29 is 9.90 Å². The number of amides is 1. The van der Waals surface area contributed by atoms with Gasteiger partial charge in [-0.15, -0.1) is 10.2 Å². The molecule has 1 saturated heterocycles. The lowest BCUT2D eigenvalue weighted by Gasteiger charge is -2.38. The molecule has 3 aromatic rings. The highest BCUT2D eigenvalue weighted by Gasteiger charge is 2.27. The van der Waals surface area contributed by atoms with E-state index in [-0.39, 0.29) is 6.04 Å². The summed E-state index contributed by atoms with van der Waals surface area (Å²) in [4.78, 5) is 19.5. The smallest absolute Gasteiger partial charge is 0.407 e. The Balaban J connectivity index is 1.58. The van der Waals surface area contributed by atoms with E-state index >= 15 is 0 Å². The monoisotopic (exact) mass is 401 g/mol. The maximum absolute atomic E-state index is 11.3. The van der Waals surface area contributed by atoms with Gasteiger partial charge in [0.25, 0.3) is 0 Å². The second-order valence-corrected chi connectivity index (χ2v) is 7.21. The first-order chi connectivity index (χ1) is 14.6. The van der Waals surface area contributed by atoms with Crippen LogP contribution in [0.1, 0.15) is 18.1 Å². The standard InChI is InChI=1S/C23H23N5O2/c1-17-16-27(14-15-28(17)23(29)30)21-13-12-20(25-26-21)24-22(18-8-4-2-5-9-18)19-10-6-3-7-11-19/h2-13,17H,14-16H2,1H3,(H,29,30). The Morgan fingerprint density at radius 2 is 1.57 bits per heavy atom. The number of nitrogens with zero attached hydrogens (tertiary/aromatic N) is 5. The van der Waals surface area contributed by atoms with Gasteiger partial charge in [0.15, 0.2) is 11.6 Å². The summed E-state index contributed by atoms with van der Waals surface area (Å²) in [5.74, 6) is 1.26. The number of anilines is 1. The van der Waals surface area contributed by atoms with Gasteiger partial charge in [-0.3, -0.25) is 0 Å². The van der Waals surface area contributed by atoms with Crippen LogP contribution in [0.5, 0.6) is 0 Å². The molecular formula is C23H23N5O2. The molecule has 0 spiro atoms. The van der Waals surface area contributed by atoms with Crippen LogP contribution in [0.25, 0.3) is 0 Å². The number of carboxylic acid groups (broad SMARTS) is 1. The lowest BCUT2D eigenvalue weighted by Crippen LogP contribution is -2.53. The van der Waals surface area contributed by atoms with Gasteiger partial charge >= 0.3 is 6.09 Å². The Morgan fingerprint density at radius 1 is 0.933 bits per heavy atom. The molecule has 152 valence electrons. The van der Waals surface area contributed by atoms with Crippen molar-refractivity contribution in [2.24, 2.45) is 4.99 Å². The van der Waals surface area contributed by atoms with Crippen LogP contribution in [0.4, 0.5) is 16.4 Å². The van der Waals surface area contributed by atoms with E-state index in [2.05, 4.69) is 15.1 Å². The van der Waals surface area contributed by atoms with Crippen LogP contribution in [0.15, 0.2) is 77.8 Å². The minimum Gasteiger partial charge on any atom is -0.465 e. The molecule has 1 aromatic heterocycles. The maximum atomic E-state index is 11.3. The van der Waals surface area contributed by atoms with Crippen molar-refractivity contribution in [3.05, 3.63) is 83.9 Å². The van der Waals surface area contributed by atoms with E-state index in [1.54, 1.807) is 0 Å².